The van der Waals surface area contributed by atoms with E-state index in [1.165, 1.54) is 0 Å². The van der Waals surface area contributed by atoms with E-state index in [1.807, 2.05) is 0 Å². The first-order valence-electron chi connectivity index (χ1n) is 7.47. The van der Waals surface area contributed by atoms with Gasteiger partial charge < -0.3 is 9.47 Å². The third-order valence-electron chi connectivity index (χ3n) is 3.38. The maximum atomic E-state index is 12.3. The maximum Gasteiger partial charge on any atom is 0.327 e. The average Bonchev–Trinajstić information content (AvgIpc) is 2.39. The van der Waals surface area contributed by atoms with Gasteiger partial charge in [0.25, 0.3) is 0 Å². The van der Waals surface area contributed by atoms with E-state index < -0.39 is 17.4 Å². The third-order valence-corrected chi connectivity index (χ3v) is 3.38. The van der Waals surface area contributed by atoms with Gasteiger partial charge in [-0.25, -0.2) is 0 Å². The molecule has 0 unspecified atom stereocenters. The minimum Gasteiger partial charge on any atom is -0.465 e. The summed E-state index contributed by atoms with van der Waals surface area (Å²) in [5.41, 5.74) is -0.856. The molecular formula is C16H28O4. The lowest BCUT2D eigenvalue weighted by atomic mass is 9.76. The number of unbranched alkanes of at least 4 members (excludes halogenated alkanes) is 3. The highest BCUT2D eigenvalue weighted by Gasteiger charge is 2.49. The minimum atomic E-state index is -1.35. The molecule has 116 valence electrons. The van der Waals surface area contributed by atoms with Crippen LogP contribution in [-0.2, 0) is 19.1 Å². The summed E-state index contributed by atoms with van der Waals surface area (Å²) in [5.74, 6) is -1.08. The number of hydrogen-bond acceptors (Lipinski definition) is 4. The van der Waals surface area contributed by atoms with Gasteiger partial charge in [0, 0.05) is 0 Å². The number of ether oxygens (including phenoxy) is 2. The lowest BCUT2D eigenvalue weighted by Crippen LogP contribution is -2.43. The zero-order valence-electron chi connectivity index (χ0n) is 13.3. The van der Waals surface area contributed by atoms with E-state index in [-0.39, 0.29) is 13.2 Å². The molecule has 0 aliphatic heterocycles. The van der Waals surface area contributed by atoms with Crippen LogP contribution in [0.3, 0.4) is 0 Å². The van der Waals surface area contributed by atoms with Crippen molar-refractivity contribution in [3.63, 3.8) is 0 Å². The Balaban J connectivity index is 5.18. The summed E-state index contributed by atoms with van der Waals surface area (Å²) in [6, 6.07) is 0. The normalized spacial score (nSPS) is 11.0. The van der Waals surface area contributed by atoms with Gasteiger partial charge in [0.1, 0.15) is 0 Å². The van der Waals surface area contributed by atoms with Gasteiger partial charge in [-0.15, -0.1) is 0 Å². The van der Waals surface area contributed by atoms with Crippen molar-refractivity contribution in [1.29, 1.82) is 0 Å². The minimum absolute atomic E-state index is 0.238. The molecule has 0 aliphatic rings. The highest BCUT2D eigenvalue weighted by atomic mass is 16.6. The Bertz CT molecular complexity index is 315. The second-order valence-electron chi connectivity index (χ2n) is 4.94. The molecule has 0 saturated carbocycles. The first-order valence-corrected chi connectivity index (χ1v) is 7.47. The van der Waals surface area contributed by atoms with Gasteiger partial charge in [0.15, 0.2) is 5.41 Å². The Labute approximate surface area is 122 Å². The molecule has 0 aliphatic carbocycles. The van der Waals surface area contributed by atoms with Crippen LogP contribution >= 0.6 is 0 Å². The molecule has 0 spiro atoms. The Kier molecular flexibility index (Phi) is 8.93. The fourth-order valence-electron chi connectivity index (χ4n) is 2.17. The average molecular weight is 284 g/mol. The Morgan fingerprint density at radius 1 is 0.950 bits per heavy atom. The summed E-state index contributed by atoms with van der Waals surface area (Å²) in [6.07, 6.45) is 4.33. The molecule has 0 fully saturated rings. The molecule has 4 heteroatoms. The van der Waals surface area contributed by atoms with Gasteiger partial charge in [-0.3, -0.25) is 9.59 Å². The standard InChI is InChI=1S/C16H28O4/c1-6-9-10-11-12-16(13(4)5,14(17)19-7-2)15(18)20-8-3/h4,6-12H2,1-3,5H3. The van der Waals surface area contributed by atoms with Crippen molar-refractivity contribution in [2.75, 3.05) is 13.2 Å². The van der Waals surface area contributed by atoms with E-state index in [0.29, 0.717) is 12.0 Å². The summed E-state index contributed by atoms with van der Waals surface area (Å²) >= 11 is 0. The Hall–Kier alpha value is -1.32. The summed E-state index contributed by atoms with van der Waals surface area (Å²) in [6.45, 7) is 11.6. The van der Waals surface area contributed by atoms with Gasteiger partial charge in [-0.05, 0) is 27.2 Å². The van der Waals surface area contributed by atoms with Gasteiger partial charge >= 0.3 is 11.9 Å². The van der Waals surface area contributed by atoms with Crippen molar-refractivity contribution in [3.8, 4) is 0 Å². The molecule has 0 N–H and O–H groups in total. The van der Waals surface area contributed by atoms with Crippen molar-refractivity contribution < 1.29 is 19.1 Å². The molecule has 4 nitrogen and oxygen atoms in total. The van der Waals surface area contributed by atoms with Crippen LogP contribution in [0, 0.1) is 5.41 Å². The summed E-state index contributed by atoms with van der Waals surface area (Å²) in [5, 5.41) is 0. The van der Waals surface area contributed by atoms with E-state index in [4.69, 9.17) is 9.47 Å². The van der Waals surface area contributed by atoms with Crippen LogP contribution < -0.4 is 0 Å². The molecule has 0 rings (SSSR count). The number of carbonyl (C=O) groups excluding carboxylic acids is 2. The summed E-state index contributed by atoms with van der Waals surface area (Å²) in [4.78, 5) is 24.6. The smallest absolute Gasteiger partial charge is 0.327 e. The van der Waals surface area contributed by atoms with E-state index in [2.05, 4.69) is 13.5 Å². The molecule has 0 radical (unpaired) electrons. The highest BCUT2D eigenvalue weighted by molar-refractivity contribution is 6.03. The van der Waals surface area contributed by atoms with Crippen molar-refractivity contribution in [3.05, 3.63) is 12.2 Å². The van der Waals surface area contributed by atoms with Gasteiger partial charge in [-0.1, -0.05) is 44.8 Å². The quantitative estimate of drug-likeness (QED) is 0.266. The van der Waals surface area contributed by atoms with Crippen LogP contribution in [0.25, 0.3) is 0 Å². The van der Waals surface area contributed by atoms with Crippen molar-refractivity contribution in [1.82, 2.24) is 0 Å². The summed E-state index contributed by atoms with van der Waals surface area (Å²) in [7, 11) is 0. The van der Waals surface area contributed by atoms with Crippen LogP contribution in [0.2, 0.25) is 0 Å². The molecule has 0 atom stereocenters. The number of rotatable bonds is 10. The second-order valence-corrected chi connectivity index (χ2v) is 4.94. The maximum absolute atomic E-state index is 12.3. The predicted molar refractivity (Wildman–Crippen MR) is 79.3 cm³/mol. The van der Waals surface area contributed by atoms with Gasteiger partial charge in [0.2, 0.25) is 0 Å². The third kappa shape index (κ3) is 4.66. The molecule has 0 amide bonds. The lowest BCUT2D eigenvalue weighted by Gasteiger charge is -2.29. The van der Waals surface area contributed by atoms with Crippen LogP contribution in [0.4, 0.5) is 0 Å². The van der Waals surface area contributed by atoms with Crippen molar-refractivity contribution >= 4 is 11.9 Å². The number of carbonyl (C=O) groups is 2. The van der Waals surface area contributed by atoms with Gasteiger partial charge in [0.05, 0.1) is 13.2 Å². The molecule has 0 bridgehead atoms. The van der Waals surface area contributed by atoms with Crippen LogP contribution in [0.15, 0.2) is 12.2 Å². The zero-order chi connectivity index (χ0) is 15.6. The lowest BCUT2D eigenvalue weighted by molar-refractivity contribution is -0.169. The number of hydrogen-bond donors (Lipinski definition) is 0. The van der Waals surface area contributed by atoms with Crippen molar-refractivity contribution in [2.24, 2.45) is 5.41 Å². The van der Waals surface area contributed by atoms with Crippen LogP contribution in [0.1, 0.15) is 59.8 Å². The molecule has 0 heterocycles. The van der Waals surface area contributed by atoms with Crippen LogP contribution in [-0.4, -0.2) is 25.2 Å². The highest BCUT2D eigenvalue weighted by Crippen LogP contribution is 2.36. The first-order chi connectivity index (χ1) is 9.47. The van der Waals surface area contributed by atoms with E-state index >= 15 is 0 Å². The fraction of sp³-hybridized carbons (Fsp3) is 0.750. The second kappa shape index (κ2) is 9.56. The molecule has 0 saturated heterocycles. The molecule has 0 aromatic carbocycles. The Morgan fingerprint density at radius 3 is 1.80 bits per heavy atom. The summed E-state index contributed by atoms with van der Waals surface area (Å²) < 4.78 is 10.2. The van der Waals surface area contributed by atoms with Crippen LogP contribution in [0.5, 0.6) is 0 Å². The number of esters is 2. The fourth-order valence-corrected chi connectivity index (χ4v) is 2.17. The molecule has 20 heavy (non-hydrogen) atoms. The van der Waals surface area contributed by atoms with Crippen molar-refractivity contribution in [2.45, 2.75) is 59.8 Å². The SMILES string of the molecule is C=C(C)C(CCCCCC)(C(=O)OCC)C(=O)OCC. The molecule has 0 aromatic heterocycles. The largest absolute Gasteiger partial charge is 0.465 e. The topological polar surface area (TPSA) is 52.6 Å². The molecular weight excluding hydrogens is 256 g/mol. The Morgan fingerprint density at radius 2 is 1.45 bits per heavy atom. The first kappa shape index (κ1) is 18.7. The van der Waals surface area contributed by atoms with Gasteiger partial charge in [-0.2, -0.15) is 0 Å². The predicted octanol–water partition coefficient (Wildman–Crippen LogP) is 3.65. The zero-order valence-corrected chi connectivity index (χ0v) is 13.3. The monoisotopic (exact) mass is 284 g/mol. The van der Waals surface area contributed by atoms with E-state index in [9.17, 15) is 9.59 Å². The van der Waals surface area contributed by atoms with E-state index in [1.54, 1.807) is 20.8 Å². The molecule has 0 aromatic rings. The van der Waals surface area contributed by atoms with E-state index in [0.717, 1.165) is 25.7 Å².